The molecule has 28 heavy (non-hydrogen) atoms. The summed E-state index contributed by atoms with van der Waals surface area (Å²) in [7, 11) is -0.753. The molecule has 0 saturated heterocycles. The third kappa shape index (κ3) is 4.24. The van der Waals surface area contributed by atoms with Gasteiger partial charge in [0.25, 0.3) is 5.91 Å². The minimum Gasteiger partial charge on any atom is -0.345 e. The second-order valence-corrected chi connectivity index (χ2v) is 9.92. The van der Waals surface area contributed by atoms with Crippen molar-refractivity contribution < 1.29 is 13.2 Å². The maximum absolute atomic E-state index is 12.8. The number of sulfonamides is 1. The van der Waals surface area contributed by atoms with Crippen molar-refractivity contribution in [1.29, 1.82) is 0 Å². The SMILES string of the molecule is C[C@H](NC(=O)c1cc(S(=O)(=O)N(C)C)ccc1Cl)c1ccc2c(c1)CCCC2. The van der Waals surface area contributed by atoms with E-state index >= 15 is 0 Å². The molecule has 150 valence electrons. The standard InChI is InChI=1S/C21H25ClN2O3S/c1-14(16-9-8-15-6-4-5-7-17(15)12-16)23-21(25)19-13-18(10-11-20(19)22)28(26,27)24(2)3/h8-14H,4-7H2,1-3H3,(H,23,25)/t14-/m0/s1. The molecule has 0 radical (unpaired) electrons. The number of nitrogens with one attached hydrogen (secondary N) is 1. The lowest BCUT2D eigenvalue weighted by Gasteiger charge is -2.20. The number of fused-ring (bicyclic) bond motifs is 1. The van der Waals surface area contributed by atoms with Gasteiger partial charge < -0.3 is 5.32 Å². The lowest BCUT2D eigenvalue weighted by molar-refractivity contribution is 0.0940. The normalized spacial score (nSPS) is 15.2. The van der Waals surface area contributed by atoms with E-state index in [9.17, 15) is 13.2 Å². The van der Waals surface area contributed by atoms with E-state index in [1.54, 1.807) is 0 Å². The Hall–Kier alpha value is -1.89. The first-order valence-corrected chi connectivity index (χ1v) is 11.2. The highest BCUT2D eigenvalue weighted by Gasteiger charge is 2.22. The summed E-state index contributed by atoms with van der Waals surface area (Å²) in [5, 5.41) is 3.15. The smallest absolute Gasteiger partial charge is 0.253 e. The van der Waals surface area contributed by atoms with Crippen LogP contribution in [0.2, 0.25) is 5.02 Å². The number of amides is 1. The van der Waals surface area contributed by atoms with Crippen LogP contribution in [0.4, 0.5) is 0 Å². The van der Waals surface area contributed by atoms with E-state index in [1.165, 1.54) is 56.3 Å². The van der Waals surface area contributed by atoms with Crippen molar-refractivity contribution in [3.63, 3.8) is 0 Å². The molecule has 0 spiro atoms. The van der Waals surface area contributed by atoms with Gasteiger partial charge in [-0.2, -0.15) is 0 Å². The predicted molar refractivity (Wildman–Crippen MR) is 111 cm³/mol. The molecule has 2 aromatic carbocycles. The van der Waals surface area contributed by atoms with E-state index in [0.29, 0.717) is 0 Å². The molecule has 0 saturated carbocycles. The summed E-state index contributed by atoms with van der Waals surface area (Å²) in [6.45, 7) is 1.91. The van der Waals surface area contributed by atoms with Gasteiger partial charge in [0.2, 0.25) is 10.0 Å². The maximum atomic E-state index is 12.8. The molecule has 1 aliphatic rings. The Labute approximate surface area is 171 Å². The lowest BCUT2D eigenvalue weighted by atomic mass is 9.89. The molecule has 2 aromatic rings. The van der Waals surface area contributed by atoms with E-state index in [-0.39, 0.29) is 21.5 Å². The van der Waals surface area contributed by atoms with Crippen LogP contribution in [0.5, 0.6) is 0 Å². The Bertz CT molecular complexity index is 1000. The van der Waals surface area contributed by atoms with Crippen LogP contribution in [0.25, 0.3) is 0 Å². The van der Waals surface area contributed by atoms with Gasteiger partial charge in [-0.05, 0) is 67.5 Å². The summed E-state index contributed by atoms with van der Waals surface area (Å²) in [6, 6.07) is 10.3. The minimum absolute atomic E-state index is 0.0356. The number of nitrogens with zero attached hydrogens (tertiary/aromatic N) is 1. The number of benzene rings is 2. The van der Waals surface area contributed by atoms with Crippen molar-refractivity contribution in [3.05, 3.63) is 63.7 Å². The Balaban J connectivity index is 1.83. The zero-order valence-electron chi connectivity index (χ0n) is 16.3. The lowest BCUT2D eigenvalue weighted by Crippen LogP contribution is -2.28. The number of hydrogen-bond acceptors (Lipinski definition) is 3. The van der Waals surface area contributed by atoms with E-state index in [2.05, 4.69) is 17.4 Å². The Kier molecular flexibility index (Phi) is 6.12. The molecule has 1 aliphatic carbocycles. The number of aryl methyl sites for hydroxylation is 2. The number of hydrogen-bond donors (Lipinski definition) is 1. The molecule has 1 atom stereocenters. The molecule has 0 bridgehead atoms. The average molecular weight is 421 g/mol. The van der Waals surface area contributed by atoms with Gasteiger partial charge in [0.15, 0.2) is 0 Å². The largest absolute Gasteiger partial charge is 0.345 e. The summed E-state index contributed by atoms with van der Waals surface area (Å²) in [5.74, 6) is -0.397. The van der Waals surface area contributed by atoms with Crippen molar-refractivity contribution in [2.24, 2.45) is 0 Å². The van der Waals surface area contributed by atoms with Gasteiger partial charge >= 0.3 is 0 Å². The van der Waals surface area contributed by atoms with Crippen LogP contribution in [0.1, 0.15) is 52.9 Å². The highest BCUT2D eigenvalue weighted by molar-refractivity contribution is 7.89. The molecular weight excluding hydrogens is 396 g/mol. The van der Waals surface area contributed by atoms with Crippen LogP contribution in [0.15, 0.2) is 41.3 Å². The van der Waals surface area contributed by atoms with Gasteiger partial charge in [-0.25, -0.2) is 12.7 Å². The molecule has 3 rings (SSSR count). The monoisotopic (exact) mass is 420 g/mol. The molecule has 0 aromatic heterocycles. The van der Waals surface area contributed by atoms with Crippen molar-refractivity contribution in [3.8, 4) is 0 Å². The van der Waals surface area contributed by atoms with E-state index in [4.69, 9.17) is 11.6 Å². The number of rotatable bonds is 5. The summed E-state index contributed by atoms with van der Waals surface area (Å²) in [6.07, 6.45) is 4.60. The van der Waals surface area contributed by atoms with Crippen molar-refractivity contribution in [2.75, 3.05) is 14.1 Å². The highest BCUT2D eigenvalue weighted by Crippen LogP contribution is 2.26. The van der Waals surface area contributed by atoms with Crippen LogP contribution in [0.3, 0.4) is 0 Å². The minimum atomic E-state index is -3.65. The fraction of sp³-hybridized carbons (Fsp3) is 0.381. The van der Waals surface area contributed by atoms with Crippen LogP contribution >= 0.6 is 11.6 Å². The van der Waals surface area contributed by atoms with Gasteiger partial charge in [0.05, 0.1) is 21.5 Å². The number of halogens is 1. The third-order valence-electron chi connectivity index (χ3n) is 5.18. The van der Waals surface area contributed by atoms with Crippen LogP contribution < -0.4 is 5.32 Å². The first-order chi connectivity index (χ1) is 13.2. The molecule has 1 N–H and O–H groups in total. The molecule has 0 fully saturated rings. The van der Waals surface area contributed by atoms with E-state index in [1.807, 2.05) is 13.0 Å². The molecular formula is C21H25ClN2O3S. The fourth-order valence-electron chi connectivity index (χ4n) is 3.43. The third-order valence-corrected chi connectivity index (χ3v) is 7.32. The fourth-order valence-corrected chi connectivity index (χ4v) is 4.56. The van der Waals surface area contributed by atoms with Crippen LogP contribution in [-0.2, 0) is 22.9 Å². The zero-order chi connectivity index (χ0) is 20.5. The molecule has 1 amide bonds. The Morgan fingerprint density at radius 3 is 2.43 bits per heavy atom. The van der Waals surface area contributed by atoms with Gasteiger partial charge in [-0.3, -0.25) is 4.79 Å². The topological polar surface area (TPSA) is 66.5 Å². The predicted octanol–water partition coefficient (Wildman–Crippen LogP) is 3.96. The first-order valence-electron chi connectivity index (χ1n) is 9.35. The van der Waals surface area contributed by atoms with E-state index < -0.39 is 15.9 Å². The Morgan fingerprint density at radius 2 is 1.75 bits per heavy atom. The van der Waals surface area contributed by atoms with Gasteiger partial charge in [-0.1, -0.05) is 29.8 Å². The molecule has 0 unspecified atom stereocenters. The van der Waals surface area contributed by atoms with E-state index in [0.717, 1.165) is 22.7 Å². The number of carbonyl (C=O) groups is 1. The van der Waals surface area contributed by atoms with Crippen molar-refractivity contribution in [1.82, 2.24) is 9.62 Å². The summed E-state index contributed by atoms with van der Waals surface area (Å²) >= 11 is 6.18. The van der Waals surface area contributed by atoms with Crippen LogP contribution in [-0.4, -0.2) is 32.7 Å². The molecule has 7 heteroatoms. The second kappa shape index (κ2) is 8.23. The quantitative estimate of drug-likeness (QED) is 0.796. The first kappa shape index (κ1) is 20.8. The van der Waals surface area contributed by atoms with Gasteiger partial charge in [-0.15, -0.1) is 0 Å². The molecule has 0 heterocycles. The zero-order valence-corrected chi connectivity index (χ0v) is 17.9. The summed E-state index contributed by atoms with van der Waals surface area (Å²) in [4.78, 5) is 12.8. The maximum Gasteiger partial charge on any atom is 0.253 e. The second-order valence-electron chi connectivity index (χ2n) is 7.36. The van der Waals surface area contributed by atoms with Crippen molar-refractivity contribution >= 4 is 27.5 Å². The summed E-state index contributed by atoms with van der Waals surface area (Å²) in [5.41, 5.74) is 3.91. The Morgan fingerprint density at radius 1 is 1.07 bits per heavy atom. The summed E-state index contributed by atoms with van der Waals surface area (Å²) < 4.78 is 25.8. The molecule has 5 nitrogen and oxygen atoms in total. The van der Waals surface area contributed by atoms with Gasteiger partial charge in [0.1, 0.15) is 0 Å². The molecule has 0 aliphatic heterocycles. The van der Waals surface area contributed by atoms with Crippen molar-refractivity contribution in [2.45, 2.75) is 43.5 Å². The van der Waals surface area contributed by atoms with Crippen LogP contribution in [0, 0.1) is 0 Å². The van der Waals surface area contributed by atoms with Gasteiger partial charge in [0, 0.05) is 14.1 Å². The average Bonchev–Trinajstić information content (AvgIpc) is 2.67. The highest BCUT2D eigenvalue weighted by atomic mass is 35.5. The number of carbonyl (C=O) groups excluding carboxylic acids is 1.